The van der Waals surface area contributed by atoms with Crippen LogP contribution in [0.5, 0.6) is 0 Å². The van der Waals surface area contributed by atoms with Crippen LogP contribution in [0.4, 0.5) is 0 Å². The second kappa shape index (κ2) is 5.35. The molecular weight excluding hydrogens is 210 g/mol. The summed E-state index contributed by atoms with van der Waals surface area (Å²) in [5.74, 6) is 1.17. The number of hydrogen-bond donors (Lipinski definition) is 0. The van der Waals surface area contributed by atoms with Crippen molar-refractivity contribution >= 4 is 5.91 Å². The molecule has 1 aliphatic rings. The maximum atomic E-state index is 12.3. The third kappa shape index (κ3) is 3.09. The molecule has 0 radical (unpaired) electrons. The van der Waals surface area contributed by atoms with E-state index < -0.39 is 0 Å². The molecule has 0 aromatic heterocycles. The molecule has 0 N–H and O–H groups in total. The molecule has 0 saturated heterocycles. The lowest BCUT2D eigenvalue weighted by Crippen LogP contribution is -2.35. The summed E-state index contributed by atoms with van der Waals surface area (Å²) in [6.45, 7) is 5.67. The minimum Gasteiger partial charge on any atom is -0.338 e. The molecular formula is C15H21NO. The predicted molar refractivity (Wildman–Crippen MR) is 69.4 cm³/mol. The van der Waals surface area contributed by atoms with Crippen molar-refractivity contribution in [2.45, 2.75) is 33.2 Å². The van der Waals surface area contributed by atoms with Gasteiger partial charge in [0.15, 0.2) is 0 Å². The lowest BCUT2D eigenvalue weighted by atomic mass is 10.0. The SMILES string of the molecule is CCN(Cc1ccccc1)C(=O)C(C)C1CC1. The molecule has 1 atom stereocenters. The topological polar surface area (TPSA) is 20.3 Å². The Kier molecular flexibility index (Phi) is 3.82. The van der Waals surface area contributed by atoms with Crippen molar-refractivity contribution in [2.75, 3.05) is 6.54 Å². The quantitative estimate of drug-likeness (QED) is 0.762. The Labute approximate surface area is 104 Å². The highest BCUT2D eigenvalue weighted by Gasteiger charge is 2.34. The number of carbonyl (C=O) groups is 1. The van der Waals surface area contributed by atoms with Gasteiger partial charge in [-0.05, 0) is 31.2 Å². The van der Waals surface area contributed by atoms with E-state index in [4.69, 9.17) is 0 Å². The highest BCUT2D eigenvalue weighted by molar-refractivity contribution is 5.79. The molecule has 0 aliphatic heterocycles. The van der Waals surface area contributed by atoms with E-state index in [2.05, 4.69) is 26.0 Å². The van der Waals surface area contributed by atoms with Crippen LogP contribution in [-0.2, 0) is 11.3 Å². The second-order valence-corrected chi connectivity index (χ2v) is 4.96. The monoisotopic (exact) mass is 231 g/mol. The van der Waals surface area contributed by atoms with Gasteiger partial charge in [-0.15, -0.1) is 0 Å². The summed E-state index contributed by atoms with van der Waals surface area (Å²) in [4.78, 5) is 14.3. The average molecular weight is 231 g/mol. The van der Waals surface area contributed by atoms with Crippen LogP contribution < -0.4 is 0 Å². The van der Waals surface area contributed by atoms with Gasteiger partial charge in [0, 0.05) is 19.0 Å². The zero-order valence-electron chi connectivity index (χ0n) is 10.7. The van der Waals surface area contributed by atoms with Gasteiger partial charge in [-0.3, -0.25) is 4.79 Å². The van der Waals surface area contributed by atoms with Crippen molar-refractivity contribution in [3.63, 3.8) is 0 Å². The van der Waals surface area contributed by atoms with Crippen LogP contribution in [0, 0.1) is 11.8 Å². The van der Waals surface area contributed by atoms with E-state index in [0.717, 1.165) is 13.1 Å². The first-order valence-corrected chi connectivity index (χ1v) is 6.55. The van der Waals surface area contributed by atoms with E-state index in [9.17, 15) is 4.79 Å². The molecule has 17 heavy (non-hydrogen) atoms. The zero-order chi connectivity index (χ0) is 12.3. The van der Waals surface area contributed by atoms with Crippen molar-refractivity contribution in [1.82, 2.24) is 4.90 Å². The maximum absolute atomic E-state index is 12.3. The van der Waals surface area contributed by atoms with E-state index >= 15 is 0 Å². The molecule has 1 saturated carbocycles. The highest BCUT2D eigenvalue weighted by Crippen LogP contribution is 2.37. The summed E-state index contributed by atoms with van der Waals surface area (Å²) in [7, 11) is 0. The Bertz CT molecular complexity index is 370. The van der Waals surface area contributed by atoms with Crippen molar-refractivity contribution in [3.8, 4) is 0 Å². The van der Waals surface area contributed by atoms with E-state index in [1.54, 1.807) is 0 Å². The van der Waals surface area contributed by atoms with Crippen LogP contribution in [0.25, 0.3) is 0 Å². The molecule has 1 aliphatic carbocycles. The Morgan fingerprint density at radius 2 is 2.00 bits per heavy atom. The highest BCUT2D eigenvalue weighted by atomic mass is 16.2. The fourth-order valence-corrected chi connectivity index (χ4v) is 2.24. The van der Waals surface area contributed by atoms with Crippen molar-refractivity contribution < 1.29 is 4.79 Å². The predicted octanol–water partition coefficient (Wildman–Crippen LogP) is 3.08. The van der Waals surface area contributed by atoms with Crippen LogP contribution in [0.3, 0.4) is 0 Å². The van der Waals surface area contributed by atoms with Crippen LogP contribution in [0.1, 0.15) is 32.3 Å². The summed E-state index contributed by atoms with van der Waals surface area (Å²) in [6, 6.07) is 10.2. The Morgan fingerprint density at radius 1 is 1.35 bits per heavy atom. The maximum Gasteiger partial charge on any atom is 0.225 e. The molecule has 2 nitrogen and oxygen atoms in total. The van der Waals surface area contributed by atoms with Gasteiger partial charge in [0.05, 0.1) is 0 Å². The number of amides is 1. The van der Waals surface area contributed by atoms with Gasteiger partial charge < -0.3 is 4.90 Å². The zero-order valence-corrected chi connectivity index (χ0v) is 10.7. The van der Waals surface area contributed by atoms with Gasteiger partial charge in [-0.2, -0.15) is 0 Å². The largest absolute Gasteiger partial charge is 0.338 e. The Balaban J connectivity index is 1.98. The number of nitrogens with zero attached hydrogens (tertiary/aromatic N) is 1. The summed E-state index contributed by atoms with van der Waals surface area (Å²) in [5.41, 5.74) is 1.21. The first-order valence-electron chi connectivity index (χ1n) is 6.55. The minimum absolute atomic E-state index is 0.207. The van der Waals surface area contributed by atoms with Crippen molar-refractivity contribution in [2.24, 2.45) is 11.8 Å². The fraction of sp³-hybridized carbons (Fsp3) is 0.533. The molecule has 1 unspecified atom stereocenters. The van der Waals surface area contributed by atoms with Gasteiger partial charge in [0.25, 0.3) is 0 Å². The third-order valence-electron chi connectivity index (χ3n) is 3.63. The number of benzene rings is 1. The van der Waals surface area contributed by atoms with Gasteiger partial charge in [-0.1, -0.05) is 37.3 Å². The first-order chi connectivity index (χ1) is 8.22. The molecule has 0 spiro atoms. The van der Waals surface area contributed by atoms with Crippen LogP contribution in [-0.4, -0.2) is 17.4 Å². The van der Waals surface area contributed by atoms with Crippen LogP contribution >= 0.6 is 0 Å². The summed E-state index contributed by atoms with van der Waals surface area (Å²) >= 11 is 0. The average Bonchev–Trinajstić information content (AvgIpc) is 3.19. The molecule has 2 rings (SSSR count). The molecule has 0 heterocycles. The molecule has 1 amide bonds. The molecule has 92 valence electrons. The summed E-state index contributed by atoms with van der Waals surface area (Å²) in [5, 5.41) is 0. The van der Waals surface area contributed by atoms with Crippen molar-refractivity contribution in [3.05, 3.63) is 35.9 Å². The molecule has 1 aromatic rings. The lowest BCUT2D eigenvalue weighted by molar-refractivity contribution is -0.136. The van der Waals surface area contributed by atoms with Gasteiger partial charge in [0.1, 0.15) is 0 Å². The number of carbonyl (C=O) groups excluding carboxylic acids is 1. The minimum atomic E-state index is 0.207. The molecule has 1 fully saturated rings. The van der Waals surface area contributed by atoms with Crippen LogP contribution in [0.15, 0.2) is 30.3 Å². The molecule has 1 aromatic carbocycles. The van der Waals surface area contributed by atoms with E-state index in [-0.39, 0.29) is 5.92 Å². The summed E-state index contributed by atoms with van der Waals surface area (Å²) < 4.78 is 0. The number of rotatable bonds is 5. The smallest absolute Gasteiger partial charge is 0.225 e. The van der Waals surface area contributed by atoms with E-state index in [1.807, 2.05) is 23.1 Å². The lowest BCUT2D eigenvalue weighted by Gasteiger charge is -2.24. The normalized spacial score (nSPS) is 16.6. The summed E-state index contributed by atoms with van der Waals surface area (Å²) in [6.07, 6.45) is 2.46. The third-order valence-corrected chi connectivity index (χ3v) is 3.63. The molecule has 2 heteroatoms. The van der Waals surface area contributed by atoms with E-state index in [0.29, 0.717) is 11.8 Å². The second-order valence-electron chi connectivity index (χ2n) is 4.96. The number of hydrogen-bond acceptors (Lipinski definition) is 1. The van der Waals surface area contributed by atoms with Gasteiger partial charge in [0.2, 0.25) is 5.91 Å². The van der Waals surface area contributed by atoms with Crippen molar-refractivity contribution in [1.29, 1.82) is 0 Å². The Hall–Kier alpha value is -1.31. The Morgan fingerprint density at radius 3 is 2.53 bits per heavy atom. The standard InChI is InChI=1S/C15H21NO/c1-3-16(11-13-7-5-4-6-8-13)15(17)12(2)14-9-10-14/h4-8,12,14H,3,9-11H2,1-2H3. The van der Waals surface area contributed by atoms with E-state index in [1.165, 1.54) is 18.4 Å². The molecule has 0 bridgehead atoms. The van der Waals surface area contributed by atoms with Gasteiger partial charge in [-0.25, -0.2) is 0 Å². The van der Waals surface area contributed by atoms with Crippen LogP contribution in [0.2, 0.25) is 0 Å². The van der Waals surface area contributed by atoms with Gasteiger partial charge >= 0.3 is 0 Å². The fourth-order valence-electron chi connectivity index (χ4n) is 2.24. The first kappa shape index (κ1) is 12.2.